The van der Waals surface area contributed by atoms with Crippen molar-refractivity contribution in [2.45, 2.75) is 13.3 Å². The third-order valence-electron chi connectivity index (χ3n) is 5.44. The highest BCUT2D eigenvalue weighted by Crippen LogP contribution is 2.29. The maximum Gasteiger partial charge on any atom is 0.227 e. The van der Waals surface area contributed by atoms with E-state index in [1.807, 2.05) is 17.0 Å². The number of methoxy groups -OCH3 is 1. The van der Waals surface area contributed by atoms with Gasteiger partial charge in [-0.05, 0) is 42.3 Å². The largest absolute Gasteiger partial charge is 0.494 e. The molecule has 3 aromatic rings. The molecule has 1 saturated heterocycles. The number of nitrogens with zero attached hydrogens (tertiary/aromatic N) is 3. The molecule has 1 aliphatic rings. The Morgan fingerprint density at radius 2 is 1.83 bits per heavy atom. The minimum atomic E-state index is -0.287. The van der Waals surface area contributed by atoms with Crippen molar-refractivity contribution in [3.05, 3.63) is 65.5 Å². The van der Waals surface area contributed by atoms with Crippen molar-refractivity contribution >= 4 is 22.6 Å². The van der Waals surface area contributed by atoms with Gasteiger partial charge < -0.3 is 14.5 Å². The first-order valence-corrected chi connectivity index (χ1v) is 9.76. The van der Waals surface area contributed by atoms with Gasteiger partial charge in [0.25, 0.3) is 0 Å². The Bertz CT molecular complexity index is 1030. The lowest BCUT2D eigenvalue weighted by molar-refractivity contribution is -0.130. The Balaban J connectivity index is 1.45. The summed E-state index contributed by atoms with van der Waals surface area (Å²) in [6.07, 6.45) is 0.296. The summed E-state index contributed by atoms with van der Waals surface area (Å²) in [5.41, 5.74) is 2.84. The van der Waals surface area contributed by atoms with Crippen molar-refractivity contribution < 1.29 is 13.9 Å². The topological polar surface area (TPSA) is 45.7 Å². The van der Waals surface area contributed by atoms with E-state index in [0.29, 0.717) is 19.5 Å². The normalized spacial score (nSPS) is 14.3. The first-order valence-electron chi connectivity index (χ1n) is 9.76. The standard InChI is InChI=1S/C23H24FN3O2/c1-16-14-21(25-23-19(16)4-3-5-20(23)29-2)26-10-12-27(13-11-26)22(28)15-17-6-8-18(24)9-7-17/h3-9,14H,10-13,15H2,1-2H3. The maximum atomic E-state index is 13.0. The molecule has 2 heterocycles. The molecule has 1 aromatic heterocycles. The number of pyridine rings is 1. The van der Waals surface area contributed by atoms with E-state index in [4.69, 9.17) is 9.72 Å². The predicted octanol–water partition coefficient (Wildman–Crippen LogP) is 3.58. The van der Waals surface area contributed by atoms with Crippen molar-refractivity contribution in [3.63, 3.8) is 0 Å². The van der Waals surface area contributed by atoms with Crippen LogP contribution in [-0.2, 0) is 11.2 Å². The fraction of sp³-hybridized carbons (Fsp3) is 0.304. The number of aryl methyl sites for hydroxylation is 1. The summed E-state index contributed by atoms with van der Waals surface area (Å²) in [6.45, 7) is 4.81. The van der Waals surface area contributed by atoms with E-state index in [1.54, 1.807) is 19.2 Å². The number of ether oxygens (including phenoxy) is 1. The van der Waals surface area contributed by atoms with E-state index >= 15 is 0 Å². The lowest BCUT2D eigenvalue weighted by atomic mass is 10.1. The first-order chi connectivity index (χ1) is 14.0. The number of rotatable bonds is 4. The van der Waals surface area contributed by atoms with Crippen LogP contribution in [0, 0.1) is 12.7 Å². The molecule has 0 spiro atoms. The molecule has 0 atom stereocenters. The summed E-state index contributed by atoms with van der Waals surface area (Å²) in [4.78, 5) is 21.5. The summed E-state index contributed by atoms with van der Waals surface area (Å²) in [5, 5.41) is 1.08. The Morgan fingerprint density at radius 1 is 1.10 bits per heavy atom. The molecular formula is C23H24FN3O2. The summed E-state index contributed by atoms with van der Waals surface area (Å²) in [6, 6.07) is 14.2. The average Bonchev–Trinajstić information content (AvgIpc) is 2.75. The van der Waals surface area contributed by atoms with Gasteiger partial charge in [-0.3, -0.25) is 4.79 Å². The number of para-hydroxylation sites is 1. The molecule has 1 amide bonds. The van der Waals surface area contributed by atoms with E-state index in [0.717, 1.165) is 46.7 Å². The van der Waals surface area contributed by atoms with Gasteiger partial charge in [0.1, 0.15) is 22.9 Å². The van der Waals surface area contributed by atoms with Gasteiger partial charge in [-0.15, -0.1) is 0 Å². The van der Waals surface area contributed by atoms with E-state index in [9.17, 15) is 9.18 Å². The predicted molar refractivity (Wildman–Crippen MR) is 112 cm³/mol. The Morgan fingerprint density at radius 3 is 2.52 bits per heavy atom. The van der Waals surface area contributed by atoms with Crippen LogP contribution in [0.3, 0.4) is 0 Å². The molecule has 150 valence electrons. The van der Waals surface area contributed by atoms with Crippen LogP contribution < -0.4 is 9.64 Å². The highest BCUT2D eigenvalue weighted by Gasteiger charge is 2.23. The van der Waals surface area contributed by atoms with Crippen LogP contribution in [-0.4, -0.2) is 49.1 Å². The van der Waals surface area contributed by atoms with Crippen LogP contribution in [0.4, 0.5) is 10.2 Å². The van der Waals surface area contributed by atoms with Gasteiger partial charge in [0.15, 0.2) is 0 Å². The number of halogens is 1. The zero-order chi connectivity index (χ0) is 20.4. The van der Waals surface area contributed by atoms with Crippen molar-refractivity contribution in [2.75, 3.05) is 38.2 Å². The van der Waals surface area contributed by atoms with E-state index < -0.39 is 0 Å². The minimum Gasteiger partial charge on any atom is -0.494 e. The van der Waals surface area contributed by atoms with Crippen molar-refractivity contribution in [1.82, 2.24) is 9.88 Å². The Kier molecular flexibility index (Phi) is 5.34. The second kappa shape index (κ2) is 8.07. The van der Waals surface area contributed by atoms with Gasteiger partial charge in [-0.2, -0.15) is 0 Å². The van der Waals surface area contributed by atoms with Crippen molar-refractivity contribution in [3.8, 4) is 5.75 Å². The number of benzene rings is 2. The second-order valence-electron chi connectivity index (χ2n) is 7.32. The minimum absolute atomic E-state index is 0.0700. The second-order valence-corrected chi connectivity index (χ2v) is 7.32. The molecule has 4 rings (SSSR count). The number of carbonyl (C=O) groups excluding carboxylic acids is 1. The average molecular weight is 393 g/mol. The van der Waals surface area contributed by atoms with Crippen molar-refractivity contribution in [1.29, 1.82) is 0 Å². The fourth-order valence-electron chi connectivity index (χ4n) is 3.77. The molecule has 6 heteroatoms. The summed E-state index contributed by atoms with van der Waals surface area (Å²) >= 11 is 0. The number of hydrogen-bond acceptors (Lipinski definition) is 4. The van der Waals surface area contributed by atoms with Crippen molar-refractivity contribution in [2.24, 2.45) is 0 Å². The van der Waals surface area contributed by atoms with Crippen LogP contribution >= 0.6 is 0 Å². The molecule has 0 aliphatic carbocycles. The van der Waals surface area contributed by atoms with Gasteiger partial charge in [0.2, 0.25) is 5.91 Å². The molecule has 0 bridgehead atoms. The number of amides is 1. The molecule has 2 aromatic carbocycles. The molecule has 0 radical (unpaired) electrons. The van der Waals surface area contributed by atoms with E-state index in [2.05, 4.69) is 24.0 Å². The molecule has 0 N–H and O–H groups in total. The summed E-state index contributed by atoms with van der Waals surface area (Å²) < 4.78 is 18.5. The number of piperazine rings is 1. The summed E-state index contributed by atoms with van der Waals surface area (Å²) in [5.74, 6) is 1.45. The molecule has 1 fully saturated rings. The molecule has 1 aliphatic heterocycles. The number of fused-ring (bicyclic) bond motifs is 1. The van der Waals surface area contributed by atoms with Gasteiger partial charge in [-0.1, -0.05) is 24.3 Å². The highest BCUT2D eigenvalue weighted by molar-refractivity contribution is 5.89. The number of aromatic nitrogens is 1. The zero-order valence-corrected chi connectivity index (χ0v) is 16.7. The van der Waals surface area contributed by atoms with Crippen LogP contribution in [0.5, 0.6) is 5.75 Å². The quantitative estimate of drug-likeness (QED) is 0.680. The number of carbonyl (C=O) groups is 1. The van der Waals surface area contributed by atoms with Crippen LogP contribution in [0.2, 0.25) is 0 Å². The number of hydrogen-bond donors (Lipinski definition) is 0. The van der Waals surface area contributed by atoms with Crippen LogP contribution in [0.15, 0.2) is 48.5 Å². The Labute approximate surface area is 169 Å². The smallest absolute Gasteiger partial charge is 0.227 e. The van der Waals surface area contributed by atoms with E-state index in [1.165, 1.54) is 12.1 Å². The van der Waals surface area contributed by atoms with Gasteiger partial charge in [0.05, 0.1) is 13.5 Å². The molecule has 5 nitrogen and oxygen atoms in total. The summed E-state index contributed by atoms with van der Waals surface area (Å²) in [7, 11) is 1.66. The van der Waals surface area contributed by atoms with Gasteiger partial charge in [-0.25, -0.2) is 9.37 Å². The van der Waals surface area contributed by atoms with Crippen LogP contribution in [0.25, 0.3) is 10.9 Å². The first kappa shape index (κ1) is 19.2. The van der Waals surface area contributed by atoms with Gasteiger partial charge in [0, 0.05) is 31.6 Å². The van der Waals surface area contributed by atoms with E-state index in [-0.39, 0.29) is 11.7 Å². The Hall–Kier alpha value is -3.15. The van der Waals surface area contributed by atoms with Gasteiger partial charge >= 0.3 is 0 Å². The highest BCUT2D eigenvalue weighted by atomic mass is 19.1. The number of anilines is 1. The maximum absolute atomic E-state index is 13.0. The molecule has 29 heavy (non-hydrogen) atoms. The zero-order valence-electron chi connectivity index (χ0n) is 16.7. The molecule has 0 unspecified atom stereocenters. The lowest BCUT2D eigenvalue weighted by Gasteiger charge is -2.35. The SMILES string of the molecule is COc1cccc2c(C)cc(N3CCN(C(=O)Cc4ccc(F)cc4)CC3)nc12. The fourth-order valence-corrected chi connectivity index (χ4v) is 3.77. The third-order valence-corrected chi connectivity index (χ3v) is 5.44. The molecular weight excluding hydrogens is 369 g/mol. The monoisotopic (exact) mass is 393 g/mol. The lowest BCUT2D eigenvalue weighted by Crippen LogP contribution is -2.49. The van der Waals surface area contributed by atoms with Crippen LogP contribution in [0.1, 0.15) is 11.1 Å². The molecule has 0 saturated carbocycles. The third kappa shape index (κ3) is 4.01.